The van der Waals surface area contributed by atoms with Crippen LogP contribution in [0.5, 0.6) is 0 Å². The molecule has 0 aromatic rings. The number of rotatable bonds is 4. The lowest BCUT2D eigenvalue weighted by Gasteiger charge is -2.10. The standard InChI is InChI=1S/C9H13NO3/c1-6(2)13-9(11)7(4-10)3-8-5-12-8/h6-8H,3,5H2,1-2H3/t7?,8-/m0/s1. The smallest absolute Gasteiger partial charge is 0.323 e. The molecule has 1 aliphatic heterocycles. The number of ether oxygens (including phenoxy) is 2. The van der Waals surface area contributed by atoms with Crippen LogP contribution in [0.15, 0.2) is 0 Å². The predicted molar refractivity (Wildman–Crippen MR) is 44.7 cm³/mol. The Balaban J connectivity index is 2.36. The van der Waals surface area contributed by atoms with Crippen molar-refractivity contribution in [3.05, 3.63) is 0 Å². The lowest BCUT2D eigenvalue weighted by Crippen LogP contribution is -2.21. The summed E-state index contributed by atoms with van der Waals surface area (Å²) in [5.41, 5.74) is 0. The summed E-state index contributed by atoms with van der Waals surface area (Å²) in [4.78, 5) is 11.2. The van der Waals surface area contributed by atoms with Gasteiger partial charge in [0.05, 0.1) is 24.9 Å². The maximum Gasteiger partial charge on any atom is 0.323 e. The highest BCUT2D eigenvalue weighted by Gasteiger charge is 2.31. The van der Waals surface area contributed by atoms with E-state index in [1.54, 1.807) is 13.8 Å². The summed E-state index contributed by atoms with van der Waals surface area (Å²) in [7, 11) is 0. The Morgan fingerprint density at radius 1 is 1.77 bits per heavy atom. The Morgan fingerprint density at radius 2 is 2.38 bits per heavy atom. The number of hydrogen-bond acceptors (Lipinski definition) is 4. The molecule has 1 fully saturated rings. The highest BCUT2D eigenvalue weighted by molar-refractivity contribution is 5.75. The fraction of sp³-hybridized carbons (Fsp3) is 0.778. The van der Waals surface area contributed by atoms with Gasteiger partial charge >= 0.3 is 5.97 Å². The Kier molecular flexibility index (Phi) is 3.26. The lowest BCUT2D eigenvalue weighted by atomic mass is 10.1. The first-order chi connectivity index (χ1) is 6.13. The number of carbonyl (C=O) groups excluding carboxylic acids is 1. The second-order valence-electron chi connectivity index (χ2n) is 3.36. The van der Waals surface area contributed by atoms with Crippen LogP contribution in [0.4, 0.5) is 0 Å². The van der Waals surface area contributed by atoms with Crippen molar-refractivity contribution >= 4 is 5.97 Å². The second kappa shape index (κ2) is 4.24. The van der Waals surface area contributed by atoms with E-state index in [1.807, 2.05) is 6.07 Å². The molecule has 1 heterocycles. The molecule has 1 aliphatic rings. The van der Waals surface area contributed by atoms with Gasteiger partial charge in [0, 0.05) is 6.42 Å². The summed E-state index contributed by atoms with van der Waals surface area (Å²) < 4.78 is 9.85. The van der Waals surface area contributed by atoms with Crippen LogP contribution in [-0.2, 0) is 14.3 Å². The number of epoxide rings is 1. The molecule has 1 rings (SSSR count). The van der Waals surface area contributed by atoms with Gasteiger partial charge in [-0.15, -0.1) is 0 Å². The van der Waals surface area contributed by atoms with Gasteiger partial charge in [0.25, 0.3) is 0 Å². The summed E-state index contributed by atoms with van der Waals surface area (Å²) in [5.74, 6) is -1.11. The van der Waals surface area contributed by atoms with Gasteiger partial charge in [0.2, 0.25) is 0 Å². The van der Waals surface area contributed by atoms with Crippen molar-refractivity contribution in [2.45, 2.75) is 32.5 Å². The summed E-state index contributed by atoms with van der Waals surface area (Å²) >= 11 is 0. The van der Waals surface area contributed by atoms with Gasteiger partial charge in [-0.1, -0.05) is 0 Å². The molecular formula is C9H13NO3. The molecule has 13 heavy (non-hydrogen) atoms. The van der Waals surface area contributed by atoms with Crippen molar-refractivity contribution in [2.75, 3.05) is 6.61 Å². The minimum atomic E-state index is -0.671. The second-order valence-corrected chi connectivity index (χ2v) is 3.36. The number of carbonyl (C=O) groups is 1. The van der Waals surface area contributed by atoms with Crippen LogP contribution in [0.2, 0.25) is 0 Å². The van der Waals surface area contributed by atoms with Crippen LogP contribution in [0.1, 0.15) is 20.3 Å². The van der Waals surface area contributed by atoms with E-state index in [0.717, 1.165) is 0 Å². The normalized spacial score (nSPS) is 22.2. The fourth-order valence-electron chi connectivity index (χ4n) is 0.983. The van der Waals surface area contributed by atoms with Crippen molar-refractivity contribution in [3.8, 4) is 6.07 Å². The molecule has 0 aliphatic carbocycles. The van der Waals surface area contributed by atoms with E-state index in [0.29, 0.717) is 13.0 Å². The maximum atomic E-state index is 11.2. The van der Waals surface area contributed by atoms with Gasteiger partial charge in [0.1, 0.15) is 5.92 Å². The molecular weight excluding hydrogens is 170 g/mol. The zero-order valence-corrected chi connectivity index (χ0v) is 7.82. The topological polar surface area (TPSA) is 62.6 Å². The highest BCUT2D eigenvalue weighted by atomic mass is 16.6. The molecule has 72 valence electrons. The van der Waals surface area contributed by atoms with Gasteiger partial charge in [-0.3, -0.25) is 4.79 Å². The molecule has 2 atom stereocenters. The summed E-state index contributed by atoms with van der Waals surface area (Å²) in [6.45, 7) is 4.19. The molecule has 0 aromatic carbocycles. The number of nitrogens with zero attached hydrogens (tertiary/aromatic N) is 1. The summed E-state index contributed by atoms with van der Waals surface area (Å²) in [5, 5.41) is 8.68. The van der Waals surface area contributed by atoms with Crippen molar-refractivity contribution < 1.29 is 14.3 Å². The third kappa shape index (κ3) is 3.43. The first-order valence-electron chi connectivity index (χ1n) is 4.35. The van der Waals surface area contributed by atoms with Gasteiger partial charge in [-0.05, 0) is 13.8 Å². The number of hydrogen-bond donors (Lipinski definition) is 0. The molecule has 1 saturated heterocycles. The summed E-state index contributed by atoms with van der Waals surface area (Å²) in [6.07, 6.45) is 0.384. The lowest BCUT2D eigenvalue weighted by molar-refractivity contribution is -0.150. The molecule has 1 unspecified atom stereocenters. The zero-order chi connectivity index (χ0) is 9.84. The zero-order valence-electron chi connectivity index (χ0n) is 7.82. The Labute approximate surface area is 77.4 Å². The fourth-order valence-corrected chi connectivity index (χ4v) is 0.983. The van der Waals surface area contributed by atoms with E-state index in [-0.39, 0.29) is 12.2 Å². The van der Waals surface area contributed by atoms with Crippen molar-refractivity contribution in [2.24, 2.45) is 5.92 Å². The van der Waals surface area contributed by atoms with E-state index in [4.69, 9.17) is 14.7 Å². The molecule has 4 nitrogen and oxygen atoms in total. The van der Waals surface area contributed by atoms with E-state index in [1.165, 1.54) is 0 Å². The molecule has 0 spiro atoms. The quantitative estimate of drug-likeness (QED) is 0.479. The number of esters is 1. The van der Waals surface area contributed by atoms with Crippen LogP contribution < -0.4 is 0 Å². The summed E-state index contributed by atoms with van der Waals surface area (Å²) in [6, 6.07) is 1.92. The molecule has 0 radical (unpaired) electrons. The molecule has 0 aromatic heterocycles. The van der Waals surface area contributed by atoms with Crippen LogP contribution in [-0.4, -0.2) is 24.8 Å². The first kappa shape index (κ1) is 10.0. The third-order valence-corrected chi connectivity index (χ3v) is 1.69. The molecule has 0 saturated carbocycles. The van der Waals surface area contributed by atoms with Crippen LogP contribution >= 0.6 is 0 Å². The highest BCUT2D eigenvalue weighted by Crippen LogP contribution is 2.20. The predicted octanol–water partition coefficient (Wildman–Crippen LogP) is 0.867. The number of nitriles is 1. The van der Waals surface area contributed by atoms with Crippen LogP contribution in [0.3, 0.4) is 0 Å². The van der Waals surface area contributed by atoms with Crippen LogP contribution in [0, 0.1) is 17.2 Å². The van der Waals surface area contributed by atoms with Crippen molar-refractivity contribution in [3.63, 3.8) is 0 Å². The maximum absolute atomic E-state index is 11.2. The monoisotopic (exact) mass is 183 g/mol. The van der Waals surface area contributed by atoms with E-state index >= 15 is 0 Å². The van der Waals surface area contributed by atoms with Gasteiger partial charge in [0.15, 0.2) is 0 Å². The van der Waals surface area contributed by atoms with Crippen LogP contribution in [0.25, 0.3) is 0 Å². The molecule has 4 heteroatoms. The third-order valence-electron chi connectivity index (χ3n) is 1.69. The average molecular weight is 183 g/mol. The Morgan fingerprint density at radius 3 is 2.77 bits per heavy atom. The van der Waals surface area contributed by atoms with Gasteiger partial charge in [-0.25, -0.2) is 0 Å². The van der Waals surface area contributed by atoms with E-state index in [2.05, 4.69) is 0 Å². The van der Waals surface area contributed by atoms with Crippen molar-refractivity contribution in [1.82, 2.24) is 0 Å². The molecule has 0 N–H and O–H groups in total. The Hall–Kier alpha value is -1.08. The minimum absolute atomic E-state index is 0.0874. The minimum Gasteiger partial charge on any atom is -0.462 e. The average Bonchev–Trinajstić information content (AvgIpc) is 2.81. The molecule has 0 bridgehead atoms. The SMILES string of the molecule is CC(C)OC(=O)C(C#N)C[C@H]1CO1. The Bertz CT molecular complexity index is 228. The largest absolute Gasteiger partial charge is 0.462 e. The van der Waals surface area contributed by atoms with Gasteiger partial charge < -0.3 is 9.47 Å². The molecule has 0 amide bonds. The van der Waals surface area contributed by atoms with Crippen molar-refractivity contribution in [1.29, 1.82) is 5.26 Å². The van der Waals surface area contributed by atoms with E-state index < -0.39 is 11.9 Å². The van der Waals surface area contributed by atoms with Gasteiger partial charge in [-0.2, -0.15) is 5.26 Å². The van der Waals surface area contributed by atoms with E-state index in [9.17, 15) is 4.79 Å². The first-order valence-corrected chi connectivity index (χ1v) is 4.35.